The van der Waals surface area contributed by atoms with Crippen LogP contribution < -0.4 is 11.1 Å². The van der Waals surface area contributed by atoms with Crippen LogP contribution in [0.3, 0.4) is 0 Å². The van der Waals surface area contributed by atoms with Crippen molar-refractivity contribution in [2.75, 3.05) is 6.54 Å². The molecule has 2 rings (SSSR count). The highest BCUT2D eigenvalue weighted by Crippen LogP contribution is 2.21. The number of guanidine groups is 1. The molecule has 0 radical (unpaired) electrons. The number of rotatable bonds is 4. The molecule has 0 aliphatic carbocycles. The molecule has 2 aromatic rings. The molecule has 0 spiro atoms. The van der Waals surface area contributed by atoms with E-state index in [9.17, 15) is 0 Å². The lowest BCUT2D eigenvalue weighted by Gasteiger charge is -2.00. The van der Waals surface area contributed by atoms with Gasteiger partial charge in [-0.2, -0.15) is 0 Å². The number of thiazole rings is 1. The normalized spacial score (nSPS) is 11.0. The number of para-hydroxylation sites is 1. The number of benzene rings is 1. The number of aromatic nitrogens is 1. The minimum atomic E-state index is 0. The Morgan fingerprint density at radius 2 is 2.28 bits per heavy atom. The van der Waals surface area contributed by atoms with Crippen molar-refractivity contribution in [3.05, 3.63) is 41.9 Å². The maximum absolute atomic E-state index is 5.67. The number of nitrogens with one attached hydrogen (secondary N) is 1. The number of aliphatic imine (C=N–C) groups is 1. The molecule has 0 unspecified atom stereocenters. The van der Waals surface area contributed by atoms with Gasteiger partial charge in [0.05, 0.1) is 16.8 Å². The van der Waals surface area contributed by atoms with Crippen LogP contribution in [-0.2, 0) is 6.54 Å². The van der Waals surface area contributed by atoms with E-state index in [1.807, 2.05) is 18.2 Å². The summed E-state index contributed by atoms with van der Waals surface area (Å²) in [6.07, 6.45) is 1.74. The molecule has 1 heterocycles. The van der Waals surface area contributed by atoms with Gasteiger partial charge in [-0.3, -0.25) is 0 Å². The summed E-state index contributed by atoms with van der Waals surface area (Å²) in [5.41, 5.74) is 6.68. The second kappa shape index (κ2) is 7.13. The molecule has 18 heavy (non-hydrogen) atoms. The molecule has 0 amide bonds. The van der Waals surface area contributed by atoms with Crippen LogP contribution >= 0.6 is 28.3 Å². The third kappa shape index (κ3) is 3.82. The first-order valence-corrected chi connectivity index (χ1v) is 6.10. The second-order valence-corrected chi connectivity index (χ2v) is 4.56. The van der Waals surface area contributed by atoms with Crippen LogP contribution in [0.2, 0.25) is 0 Å². The van der Waals surface area contributed by atoms with E-state index in [0.717, 1.165) is 10.5 Å². The van der Waals surface area contributed by atoms with Crippen LogP contribution in [0.15, 0.2) is 41.9 Å². The highest BCUT2D eigenvalue weighted by atomic mass is 79.9. The van der Waals surface area contributed by atoms with Gasteiger partial charge in [0.15, 0.2) is 5.96 Å². The zero-order chi connectivity index (χ0) is 12.1. The number of nitrogens with two attached hydrogens (primary N) is 1. The Morgan fingerprint density at radius 3 is 3.00 bits per heavy atom. The van der Waals surface area contributed by atoms with Crippen LogP contribution in [-0.4, -0.2) is 17.5 Å². The van der Waals surface area contributed by atoms with Gasteiger partial charge < -0.3 is 11.1 Å². The highest BCUT2D eigenvalue weighted by molar-refractivity contribution is 8.93. The molecule has 3 N–H and O–H groups in total. The first kappa shape index (κ1) is 14.7. The van der Waals surface area contributed by atoms with Crippen LogP contribution in [0.5, 0.6) is 0 Å². The summed E-state index contributed by atoms with van der Waals surface area (Å²) >= 11 is 1.64. The molecule has 0 aliphatic heterocycles. The predicted octanol–water partition coefficient (Wildman–Crippen LogP) is 2.46. The van der Waals surface area contributed by atoms with Gasteiger partial charge >= 0.3 is 0 Å². The Bertz CT molecular complexity index is 517. The van der Waals surface area contributed by atoms with Crippen molar-refractivity contribution < 1.29 is 0 Å². The van der Waals surface area contributed by atoms with E-state index < -0.39 is 0 Å². The Kier molecular flexibility index (Phi) is 5.80. The van der Waals surface area contributed by atoms with E-state index in [2.05, 4.69) is 27.9 Å². The summed E-state index contributed by atoms with van der Waals surface area (Å²) in [7, 11) is 0. The Hall–Kier alpha value is -1.40. The molecule has 0 fully saturated rings. The first-order chi connectivity index (χ1) is 8.29. The zero-order valence-electron chi connectivity index (χ0n) is 9.80. The number of fused-ring (bicyclic) bond motifs is 1. The van der Waals surface area contributed by atoms with E-state index in [0.29, 0.717) is 19.0 Å². The van der Waals surface area contributed by atoms with E-state index in [1.54, 1.807) is 17.4 Å². The van der Waals surface area contributed by atoms with Gasteiger partial charge in [-0.15, -0.1) is 34.9 Å². The quantitative estimate of drug-likeness (QED) is 0.515. The third-order valence-electron chi connectivity index (χ3n) is 2.15. The summed E-state index contributed by atoms with van der Waals surface area (Å²) in [6, 6.07) is 8.04. The van der Waals surface area contributed by atoms with E-state index in [4.69, 9.17) is 5.73 Å². The lowest BCUT2D eigenvalue weighted by atomic mass is 10.3. The SMILES string of the molecule is Br.C=CCNC(N)=NCc1nc2ccccc2s1. The van der Waals surface area contributed by atoms with E-state index >= 15 is 0 Å². The van der Waals surface area contributed by atoms with Crippen molar-refractivity contribution in [1.29, 1.82) is 0 Å². The Morgan fingerprint density at radius 1 is 1.50 bits per heavy atom. The van der Waals surface area contributed by atoms with Crippen molar-refractivity contribution in [2.45, 2.75) is 6.54 Å². The highest BCUT2D eigenvalue weighted by Gasteiger charge is 2.01. The Labute approximate surface area is 120 Å². The number of hydrogen-bond donors (Lipinski definition) is 2. The van der Waals surface area contributed by atoms with Gasteiger partial charge in [-0.1, -0.05) is 18.2 Å². The van der Waals surface area contributed by atoms with Crippen LogP contribution in [0.4, 0.5) is 0 Å². The standard InChI is InChI=1S/C12H14N4S.BrH/c1-2-7-14-12(13)15-8-11-16-9-5-3-4-6-10(9)17-11;/h2-6H,1,7-8H2,(H3,13,14,15);1H. The number of hydrogen-bond acceptors (Lipinski definition) is 3. The third-order valence-corrected chi connectivity index (χ3v) is 3.17. The number of nitrogens with zero attached hydrogens (tertiary/aromatic N) is 2. The topological polar surface area (TPSA) is 63.3 Å². The fourth-order valence-electron chi connectivity index (χ4n) is 1.37. The van der Waals surface area contributed by atoms with Gasteiger partial charge in [0, 0.05) is 6.54 Å². The second-order valence-electron chi connectivity index (χ2n) is 3.45. The largest absolute Gasteiger partial charge is 0.370 e. The molecule has 1 aromatic heterocycles. The van der Waals surface area contributed by atoms with Crippen LogP contribution in [0.25, 0.3) is 10.2 Å². The van der Waals surface area contributed by atoms with E-state index in [1.165, 1.54) is 4.70 Å². The summed E-state index contributed by atoms with van der Waals surface area (Å²) in [6.45, 7) is 4.73. The Balaban J connectivity index is 0.00000162. The van der Waals surface area contributed by atoms with Crippen molar-refractivity contribution in [3.63, 3.8) is 0 Å². The average molecular weight is 327 g/mol. The first-order valence-electron chi connectivity index (χ1n) is 5.28. The summed E-state index contributed by atoms with van der Waals surface area (Å²) in [4.78, 5) is 8.68. The smallest absolute Gasteiger partial charge is 0.189 e. The zero-order valence-corrected chi connectivity index (χ0v) is 12.3. The minimum absolute atomic E-state index is 0. The fraction of sp³-hybridized carbons (Fsp3) is 0.167. The lowest BCUT2D eigenvalue weighted by molar-refractivity contribution is 0.964. The molecule has 0 atom stereocenters. The fourth-order valence-corrected chi connectivity index (χ4v) is 2.26. The summed E-state index contributed by atoms with van der Waals surface area (Å²) < 4.78 is 1.18. The summed E-state index contributed by atoms with van der Waals surface area (Å²) in [5.74, 6) is 0.421. The molecule has 96 valence electrons. The van der Waals surface area contributed by atoms with Gasteiger partial charge in [-0.05, 0) is 12.1 Å². The molecule has 0 bridgehead atoms. The van der Waals surface area contributed by atoms with Crippen molar-refractivity contribution >= 4 is 44.5 Å². The van der Waals surface area contributed by atoms with Crippen LogP contribution in [0.1, 0.15) is 5.01 Å². The van der Waals surface area contributed by atoms with Gasteiger partial charge in [0.25, 0.3) is 0 Å². The molecular weight excluding hydrogens is 312 g/mol. The van der Waals surface area contributed by atoms with Crippen molar-refractivity contribution in [2.24, 2.45) is 10.7 Å². The monoisotopic (exact) mass is 326 g/mol. The van der Waals surface area contributed by atoms with Gasteiger partial charge in [0.1, 0.15) is 5.01 Å². The molecular formula is C12H15BrN4S. The van der Waals surface area contributed by atoms with Crippen molar-refractivity contribution in [3.8, 4) is 0 Å². The maximum atomic E-state index is 5.67. The number of halogens is 1. The maximum Gasteiger partial charge on any atom is 0.189 e. The van der Waals surface area contributed by atoms with Gasteiger partial charge in [-0.25, -0.2) is 9.98 Å². The summed E-state index contributed by atoms with van der Waals surface area (Å²) in [5, 5.41) is 3.89. The molecule has 6 heteroatoms. The van der Waals surface area contributed by atoms with Crippen molar-refractivity contribution in [1.82, 2.24) is 10.3 Å². The molecule has 0 saturated heterocycles. The minimum Gasteiger partial charge on any atom is -0.370 e. The van der Waals surface area contributed by atoms with Crippen LogP contribution in [0, 0.1) is 0 Å². The lowest BCUT2D eigenvalue weighted by Crippen LogP contribution is -2.31. The molecule has 1 aromatic carbocycles. The van der Waals surface area contributed by atoms with E-state index in [-0.39, 0.29) is 17.0 Å². The van der Waals surface area contributed by atoms with Gasteiger partial charge in [0.2, 0.25) is 0 Å². The average Bonchev–Trinajstić information content (AvgIpc) is 2.76. The molecule has 4 nitrogen and oxygen atoms in total. The molecule has 0 saturated carbocycles. The molecule has 0 aliphatic rings. The predicted molar refractivity (Wildman–Crippen MR) is 83.5 cm³/mol.